The number of carboxylic acid groups (broad SMARTS) is 1. The summed E-state index contributed by atoms with van der Waals surface area (Å²) in [7, 11) is 0. The monoisotopic (exact) mass is 202 g/mol. The highest BCUT2D eigenvalue weighted by molar-refractivity contribution is 5.66. The van der Waals surface area contributed by atoms with Crippen LogP contribution in [-0.4, -0.2) is 48.6 Å². The molecule has 0 bridgehead atoms. The lowest BCUT2D eigenvalue weighted by molar-refractivity contribution is -0.137. The number of carbonyl (C=O) groups is 2. The summed E-state index contributed by atoms with van der Waals surface area (Å²) in [6.45, 7) is 4.88. The number of hydrogen-bond acceptors (Lipinski definition) is 3. The van der Waals surface area contributed by atoms with E-state index in [1.807, 2.05) is 6.92 Å². The van der Waals surface area contributed by atoms with Crippen LogP contribution in [0.1, 0.15) is 19.8 Å². The second kappa shape index (κ2) is 8.50. The van der Waals surface area contributed by atoms with E-state index in [2.05, 4.69) is 10.2 Å². The minimum absolute atomic E-state index is 0.176. The Morgan fingerprint density at radius 2 is 2.21 bits per heavy atom. The summed E-state index contributed by atoms with van der Waals surface area (Å²) in [6, 6.07) is 0. The van der Waals surface area contributed by atoms with Gasteiger partial charge >= 0.3 is 5.97 Å². The Balaban J connectivity index is 3.47. The number of nitrogens with one attached hydrogen (secondary N) is 1. The highest BCUT2D eigenvalue weighted by atomic mass is 16.4. The van der Waals surface area contributed by atoms with Crippen LogP contribution in [0, 0.1) is 0 Å². The molecule has 0 spiro atoms. The van der Waals surface area contributed by atoms with Crippen LogP contribution in [0.4, 0.5) is 0 Å². The summed E-state index contributed by atoms with van der Waals surface area (Å²) in [5.41, 5.74) is 0. The lowest BCUT2D eigenvalue weighted by Gasteiger charge is -2.18. The average Bonchev–Trinajstić information content (AvgIpc) is 2.16. The Morgan fingerprint density at radius 1 is 1.50 bits per heavy atom. The minimum Gasteiger partial charge on any atom is -0.481 e. The van der Waals surface area contributed by atoms with Crippen LogP contribution in [0.2, 0.25) is 0 Å². The number of hydrogen-bond donors (Lipinski definition) is 2. The molecule has 82 valence electrons. The molecule has 2 N–H and O–H groups in total. The van der Waals surface area contributed by atoms with Crippen molar-refractivity contribution in [1.29, 1.82) is 0 Å². The normalized spacial score (nSPS) is 10.1. The van der Waals surface area contributed by atoms with Crippen LogP contribution < -0.4 is 5.32 Å². The first-order chi connectivity index (χ1) is 6.70. The van der Waals surface area contributed by atoms with Gasteiger partial charge < -0.3 is 15.3 Å². The van der Waals surface area contributed by atoms with Crippen molar-refractivity contribution in [1.82, 2.24) is 10.2 Å². The summed E-state index contributed by atoms with van der Waals surface area (Å²) in [4.78, 5) is 22.3. The third-order valence-electron chi connectivity index (χ3n) is 1.97. The molecule has 0 aliphatic carbocycles. The predicted molar refractivity (Wildman–Crippen MR) is 53.1 cm³/mol. The molecule has 0 unspecified atom stereocenters. The van der Waals surface area contributed by atoms with E-state index in [0.717, 1.165) is 19.5 Å². The van der Waals surface area contributed by atoms with Gasteiger partial charge in [0.25, 0.3) is 0 Å². The largest absolute Gasteiger partial charge is 0.481 e. The van der Waals surface area contributed by atoms with E-state index in [1.165, 1.54) is 0 Å². The third kappa shape index (κ3) is 7.54. The zero-order chi connectivity index (χ0) is 10.8. The van der Waals surface area contributed by atoms with Crippen molar-refractivity contribution in [3.8, 4) is 0 Å². The van der Waals surface area contributed by atoms with E-state index < -0.39 is 5.97 Å². The second-order valence-electron chi connectivity index (χ2n) is 3.00. The Kier molecular flexibility index (Phi) is 7.83. The maximum atomic E-state index is 10.3. The van der Waals surface area contributed by atoms with Gasteiger partial charge in [-0.15, -0.1) is 0 Å². The summed E-state index contributed by atoms with van der Waals surface area (Å²) in [5.74, 6) is -0.769. The van der Waals surface area contributed by atoms with Crippen molar-refractivity contribution in [3.63, 3.8) is 0 Å². The van der Waals surface area contributed by atoms with Crippen molar-refractivity contribution >= 4 is 12.4 Å². The molecule has 0 fully saturated rings. The molecule has 0 atom stereocenters. The zero-order valence-corrected chi connectivity index (χ0v) is 8.53. The van der Waals surface area contributed by atoms with Crippen molar-refractivity contribution in [2.45, 2.75) is 19.8 Å². The molecule has 5 nitrogen and oxygen atoms in total. The molecule has 1 amide bonds. The van der Waals surface area contributed by atoms with E-state index in [-0.39, 0.29) is 6.42 Å². The minimum atomic E-state index is -0.769. The number of nitrogens with zero attached hydrogens (tertiary/aromatic N) is 1. The van der Waals surface area contributed by atoms with Crippen LogP contribution in [-0.2, 0) is 9.59 Å². The Bertz CT molecular complexity index is 173. The average molecular weight is 202 g/mol. The maximum absolute atomic E-state index is 10.3. The van der Waals surface area contributed by atoms with Crippen molar-refractivity contribution < 1.29 is 14.7 Å². The zero-order valence-electron chi connectivity index (χ0n) is 8.53. The van der Waals surface area contributed by atoms with Gasteiger partial charge in [-0.2, -0.15) is 0 Å². The number of aliphatic carboxylic acids is 1. The van der Waals surface area contributed by atoms with Crippen LogP contribution in [0.25, 0.3) is 0 Å². The van der Waals surface area contributed by atoms with Crippen LogP contribution in [0.5, 0.6) is 0 Å². The molecule has 5 heteroatoms. The molecule has 0 heterocycles. The second-order valence-corrected chi connectivity index (χ2v) is 3.00. The van der Waals surface area contributed by atoms with Gasteiger partial charge in [-0.05, 0) is 19.5 Å². The number of carboxylic acids is 1. The van der Waals surface area contributed by atoms with Crippen molar-refractivity contribution in [3.05, 3.63) is 0 Å². The standard InChI is InChI=1S/C9H18N2O3/c1-2-11(7-4-9(13)14)6-3-5-10-8-12/h8H,2-7H2,1H3,(H,10,12)(H,13,14). The van der Waals surface area contributed by atoms with Gasteiger partial charge in [0.1, 0.15) is 0 Å². The topological polar surface area (TPSA) is 69.6 Å². The number of rotatable bonds is 9. The molecule has 14 heavy (non-hydrogen) atoms. The summed E-state index contributed by atoms with van der Waals surface area (Å²) in [6.07, 6.45) is 1.70. The Labute approximate surface area is 84.1 Å². The summed E-state index contributed by atoms with van der Waals surface area (Å²) in [5, 5.41) is 11.1. The molecule has 0 aliphatic rings. The first kappa shape index (κ1) is 12.9. The highest BCUT2D eigenvalue weighted by Crippen LogP contribution is 1.93. The van der Waals surface area contributed by atoms with Gasteiger partial charge in [-0.1, -0.05) is 6.92 Å². The van der Waals surface area contributed by atoms with Crippen LogP contribution in [0.3, 0.4) is 0 Å². The van der Waals surface area contributed by atoms with Crippen molar-refractivity contribution in [2.24, 2.45) is 0 Å². The van der Waals surface area contributed by atoms with Gasteiger partial charge in [0.15, 0.2) is 0 Å². The molecule has 0 saturated carbocycles. The quantitative estimate of drug-likeness (QED) is 0.405. The number of amides is 1. The molecule has 0 radical (unpaired) electrons. The first-order valence-electron chi connectivity index (χ1n) is 4.82. The number of carbonyl (C=O) groups excluding carboxylic acids is 1. The molecule has 0 aliphatic heterocycles. The van der Waals surface area contributed by atoms with Gasteiger partial charge in [-0.25, -0.2) is 0 Å². The SMILES string of the molecule is CCN(CCCNC=O)CCC(=O)O. The summed E-state index contributed by atoms with van der Waals surface area (Å²) >= 11 is 0. The van der Waals surface area contributed by atoms with Crippen LogP contribution in [0.15, 0.2) is 0 Å². The van der Waals surface area contributed by atoms with E-state index in [1.54, 1.807) is 0 Å². The Hall–Kier alpha value is -1.10. The van der Waals surface area contributed by atoms with Crippen LogP contribution >= 0.6 is 0 Å². The highest BCUT2D eigenvalue weighted by Gasteiger charge is 2.04. The van der Waals surface area contributed by atoms with Gasteiger partial charge in [0.05, 0.1) is 6.42 Å². The fraction of sp³-hybridized carbons (Fsp3) is 0.778. The predicted octanol–water partition coefficient (Wildman–Crippen LogP) is -0.0809. The molecular weight excluding hydrogens is 184 g/mol. The summed E-state index contributed by atoms with van der Waals surface area (Å²) < 4.78 is 0. The maximum Gasteiger partial charge on any atom is 0.304 e. The third-order valence-corrected chi connectivity index (χ3v) is 1.97. The fourth-order valence-electron chi connectivity index (χ4n) is 1.15. The van der Waals surface area contributed by atoms with E-state index in [4.69, 9.17) is 5.11 Å². The molecule has 0 aromatic carbocycles. The van der Waals surface area contributed by atoms with Gasteiger partial charge in [0, 0.05) is 13.1 Å². The molecular formula is C9H18N2O3. The van der Waals surface area contributed by atoms with E-state index in [0.29, 0.717) is 19.5 Å². The smallest absolute Gasteiger partial charge is 0.304 e. The molecule has 0 saturated heterocycles. The molecule has 0 rings (SSSR count). The lowest BCUT2D eigenvalue weighted by Crippen LogP contribution is -2.29. The van der Waals surface area contributed by atoms with E-state index >= 15 is 0 Å². The first-order valence-corrected chi connectivity index (χ1v) is 4.82. The fourth-order valence-corrected chi connectivity index (χ4v) is 1.15. The van der Waals surface area contributed by atoms with E-state index in [9.17, 15) is 9.59 Å². The Morgan fingerprint density at radius 3 is 2.71 bits per heavy atom. The lowest BCUT2D eigenvalue weighted by atomic mass is 10.3. The molecule has 0 aromatic rings. The van der Waals surface area contributed by atoms with Gasteiger partial charge in [0.2, 0.25) is 6.41 Å². The molecule has 0 aromatic heterocycles. The van der Waals surface area contributed by atoms with Crippen molar-refractivity contribution in [2.75, 3.05) is 26.2 Å². The van der Waals surface area contributed by atoms with Gasteiger partial charge in [-0.3, -0.25) is 9.59 Å².